The van der Waals surface area contributed by atoms with Crippen LogP contribution in [0.3, 0.4) is 0 Å². The average molecular weight is 431 g/mol. The SMILES string of the molecule is [AsH2]C(C1=CC=CC[N+]1(Cc1ccccn1)Cc1ccccn1)c1ccccn1. The van der Waals surface area contributed by atoms with Gasteiger partial charge in [-0.3, -0.25) is 0 Å². The van der Waals surface area contributed by atoms with Crippen molar-refractivity contribution in [3.05, 3.63) is 114 Å². The number of aromatic nitrogens is 3. The van der Waals surface area contributed by atoms with Crippen LogP contribution in [0.4, 0.5) is 0 Å². The van der Waals surface area contributed by atoms with Crippen LogP contribution >= 0.6 is 0 Å². The van der Waals surface area contributed by atoms with E-state index in [1.54, 1.807) is 16.9 Å². The molecule has 0 aliphatic carbocycles. The summed E-state index contributed by atoms with van der Waals surface area (Å²) < 4.78 is 1.07. The Balaban J connectivity index is 1.76. The predicted octanol–water partition coefficient (Wildman–Crippen LogP) is 3.22. The zero-order chi connectivity index (χ0) is 19.2. The third-order valence-electron chi connectivity index (χ3n) is 5.11. The van der Waals surface area contributed by atoms with E-state index in [-0.39, 0.29) is 4.71 Å². The second-order valence-electron chi connectivity index (χ2n) is 7.04. The van der Waals surface area contributed by atoms with Crippen LogP contribution in [-0.4, -0.2) is 42.8 Å². The molecule has 4 nitrogen and oxygen atoms in total. The molecule has 0 saturated heterocycles. The average Bonchev–Trinajstić information content (AvgIpc) is 2.76. The van der Waals surface area contributed by atoms with Gasteiger partial charge in [0.25, 0.3) is 0 Å². The summed E-state index contributed by atoms with van der Waals surface area (Å²) >= 11 is 1.69. The van der Waals surface area contributed by atoms with Gasteiger partial charge in [-0.05, 0) is 0 Å². The third-order valence-corrected chi connectivity index (χ3v) is 6.55. The number of allylic oxidation sites excluding steroid dienone is 3. The summed E-state index contributed by atoms with van der Waals surface area (Å²) in [5, 5.41) is 0. The first-order chi connectivity index (χ1) is 13.8. The summed E-state index contributed by atoms with van der Waals surface area (Å²) in [5.41, 5.74) is 4.69. The first-order valence-corrected chi connectivity index (χ1v) is 10.9. The number of nitrogens with zero attached hydrogens (tertiary/aromatic N) is 4. The van der Waals surface area contributed by atoms with Gasteiger partial charge in [-0.25, -0.2) is 0 Å². The van der Waals surface area contributed by atoms with Gasteiger partial charge in [0.2, 0.25) is 0 Å². The Kier molecular flexibility index (Phi) is 5.80. The molecule has 3 aromatic heterocycles. The van der Waals surface area contributed by atoms with Crippen molar-refractivity contribution in [1.82, 2.24) is 15.0 Å². The molecule has 5 heteroatoms. The molecule has 0 N–H and O–H groups in total. The molecule has 28 heavy (non-hydrogen) atoms. The molecule has 0 aromatic carbocycles. The normalized spacial score (nSPS) is 16.4. The third kappa shape index (κ3) is 4.14. The van der Waals surface area contributed by atoms with Gasteiger partial charge < -0.3 is 0 Å². The van der Waals surface area contributed by atoms with Crippen LogP contribution in [0.25, 0.3) is 0 Å². The molecule has 1 aliphatic heterocycles. The van der Waals surface area contributed by atoms with E-state index in [1.807, 2.05) is 36.8 Å². The van der Waals surface area contributed by atoms with Crippen LogP contribution < -0.4 is 0 Å². The number of rotatable bonds is 6. The minimum absolute atomic E-state index is 0.270. The minimum atomic E-state index is 0.270. The van der Waals surface area contributed by atoms with Crippen LogP contribution in [0, 0.1) is 0 Å². The van der Waals surface area contributed by atoms with Crippen molar-refractivity contribution in [3.8, 4) is 0 Å². The molecule has 2 atom stereocenters. The number of pyridine rings is 3. The summed E-state index contributed by atoms with van der Waals surface area (Å²) in [6, 6.07) is 18.5. The Morgan fingerprint density at radius 3 is 1.96 bits per heavy atom. The maximum atomic E-state index is 4.64. The monoisotopic (exact) mass is 431 g/mol. The summed E-state index contributed by atoms with van der Waals surface area (Å²) in [6.45, 7) is 2.59. The van der Waals surface area contributed by atoms with E-state index in [9.17, 15) is 0 Å². The molecule has 0 spiro atoms. The second kappa shape index (κ2) is 8.64. The molecule has 4 heterocycles. The van der Waals surface area contributed by atoms with E-state index in [0.717, 1.165) is 41.2 Å². The molecular formula is C23H24AsN4+. The fourth-order valence-corrected chi connectivity index (χ4v) is 5.08. The fraction of sp³-hybridized carbons (Fsp3) is 0.174. The van der Waals surface area contributed by atoms with Gasteiger partial charge >= 0.3 is 175 Å². The molecular weight excluding hydrogens is 407 g/mol. The Morgan fingerprint density at radius 1 is 0.821 bits per heavy atom. The Hall–Kier alpha value is -2.55. The van der Waals surface area contributed by atoms with E-state index in [2.05, 4.69) is 69.6 Å². The molecule has 0 radical (unpaired) electrons. The maximum absolute atomic E-state index is 4.64. The van der Waals surface area contributed by atoms with Crippen molar-refractivity contribution >= 4 is 16.9 Å². The molecule has 1 aliphatic rings. The van der Waals surface area contributed by atoms with Crippen molar-refractivity contribution < 1.29 is 4.48 Å². The van der Waals surface area contributed by atoms with E-state index in [1.165, 1.54) is 5.70 Å². The van der Waals surface area contributed by atoms with Gasteiger partial charge in [-0.2, -0.15) is 0 Å². The first-order valence-electron chi connectivity index (χ1n) is 9.47. The quantitative estimate of drug-likeness (QED) is 0.445. The number of hydrogen-bond donors (Lipinski definition) is 0. The summed E-state index contributed by atoms with van der Waals surface area (Å²) in [4.78, 5) is 13.9. The van der Waals surface area contributed by atoms with Crippen molar-refractivity contribution in [2.24, 2.45) is 0 Å². The summed E-state index contributed by atoms with van der Waals surface area (Å²) in [6.07, 6.45) is 12.3. The molecule has 0 saturated carbocycles. The van der Waals surface area contributed by atoms with Crippen molar-refractivity contribution in [2.75, 3.05) is 6.54 Å². The predicted molar refractivity (Wildman–Crippen MR) is 114 cm³/mol. The van der Waals surface area contributed by atoms with Gasteiger partial charge in [0, 0.05) is 0 Å². The molecule has 140 valence electrons. The summed E-state index contributed by atoms with van der Waals surface area (Å²) in [5.74, 6) is 0. The molecule has 0 bridgehead atoms. The Bertz CT molecular complexity index is 914. The number of hydrogen-bond acceptors (Lipinski definition) is 3. The number of quaternary nitrogens is 1. The van der Waals surface area contributed by atoms with Gasteiger partial charge in [0.15, 0.2) is 0 Å². The molecule has 3 aromatic rings. The molecule has 0 fully saturated rings. The second-order valence-corrected chi connectivity index (χ2v) is 8.44. The molecule has 4 rings (SSSR count). The van der Waals surface area contributed by atoms with E-state index >= 15 is 0 Å². The van der Waals surface area contributed by atoms with Gasteiger partial charge in [-0.15, -0.1) is 0 Å². The zero-order valence-corrected chi connectivity index (χ0v) is 18.1. The van der Waals surface area contributed by atoms with Crippen molar-refractivity contribution in [1.29, 1.82) is 0 Å². The Morgan fingerprint density at radius 2 is 1.43 bits per heavy atom. The van der Waals surface area contributed by atoms with Gasteiger partial charge in [0.1, 0.15) is 0 Å². The van der Waals surface area contributed by atoms with Crippen LogP contribution in [-0.2, 0) is 13.1 Å². The molecule has 0 amide bonds. The first kappa shape index (κ1) is 18.8. The van der Waals surface area contributed by atoms with Crippen molar-refractivity contribution in [3.63, 3.8) is 0 Å². The topological polar surface area (TPSA) is 38.7 Å². The van der Waals surface area contributed by atoms with Crippen molar-refractivity contribution in [2.45, 2.75) is 17.8 Å². The van der Waals surface area contributed by atoms with E-state index in [0.29, 0.717) is 0 Å². The van der Waals surface area contributed by atoms with Crippen LogP contribution in [0.5, 0.6) is 0 Å². The summed E-state index contributed by atoms with van der Waals surface area (Å²) in [7, 11) is 0. The van der Waals surface area contributed by atoms with Crippen LogP contribution in [0.1, 0.15) is 21.8 Å². The van der Waals surface area contributed by atoms with E-state index in [4.69, 9.17) is 0 Å². The van der Waals surface area contributed by atoms with Gasteiger partial charge in [-0.1, -0.05) is 0 Å². The van der Waals surface area contributed by atoms with E-state index < -0.39 is 0 Å². The van der Waals surface area contributed by atoms with Crippen LogP contribution in [0.15, 0.2) is 97.1 Å². The Labute approximate surface area is 174 Å². The zero-order valence-electron chi connectivity index (χ0n) is 15.7. The fourth-order valence-electron chi connectivity index (χ4n) is 3.77. The molecule has 2 unspecified atom stereocenters. The van der Waals surface area contributed by atoms with Crippen LogP contribution in [0.2, 0.25) is 0 Å². The standard InChI is InChI=1S/C23H24AsN4/c24-23(21-11-3-7-15-27-21)22-12-4-8-16-28(22,17-19-9-1-5-13-25-19)18-20-10-2-6-14-26-20/h1-15,23H,16-18,24H2/q+1. The van der Waals surface area contributed by atoms with Gasteiger partial charge in [0.05, 0.1) is 0 Å².